The zero-order valence-electron chi connectivity index (χ0n) is 14.4. The molecule has 0 bridgehead atoms. The first-order valence-electron chi connectivity index (χ1n) is 7.99. The molecular formula is C19H18N2O5. The van der Waals surface area contributed by atoms with Crippen molar-refractivity contribution in [2.24, 2.45) is 0 Å². The fourth-order valence-corrected chi connectivity index (χ4v) is 2.62. The highest BCUT2D eigenvalue weighted by Gasteiger charge is 2.29. The molecule has 2 aromatic carbocycles. The van der Waals surface area contributed by atoms with Crippen molar-refractivity contribution in [3.63, 3.8) is 0 Å². The summed E-state index contributed by atoms with van der Waals surface area (Å²) >= 11 is 0. The smallest absolute Gasteiger partial charge is 0.259 e. The molecule has 0 saturated carbocycles. The Morgan fingerprint density at radius 1 is 1.08 bits per heavy atom. The number of imide groups is 1. The average molecular weight is 354 g/mol. The van der Waals surface area contributed by atoms with E-state index in [0.717, 1.165) is 10.5 Å². The lowest BCUT2D eigenvalue weighted by Crippen LogP contribution is -2.46. The van der Waals surface area contributed by atoms with Crippen molar-refractivity contribution < 1.29 is 23.9 Å². The monoisotopic (exact) mass is 354 g/mol. The Hall–Kier alpha value is -3.19. The van der Waals surface area contributed by atoms with Crippen molar-refractivity contribution in [3.8, 4) is 5.75 Å². The van der Waals surface area contributed by atoms with Gasteiger partial charge in [-0.1, -0.05) is 17.7 Å². The standard InChI is InChI=1S/C19H18N2O5/c1-12-3-5-13(6-4-12)20-19(24)15-8-7-14(9-16(15)25-2)21-17(22)10-26-11-18(21)23/h3-9H,10-11H2,1-2H3,(H,20,24). The minimum Gasteiger partial charge on any atom is -0.496 e. The van der Waals surface area contributed by atoms with Crippen molar-refractivity contribution in [3.05, 3.63) is 53.6 Å². The van der Waals surface area contributed by atoms with Gasteiger partial charge >= 0.3 is 0 Å². The molecule has 7 nitrogen and oxygen atoms in total. The number of nitrogens with one attached hydrogen (secondary N) is 1. The third-order valence-corrected chi connectivity index (χ3v) is 3.95. The number of aryl methyl sites for hydroxylation is 1. The van der Waals surface area contributed by atoms with E-state index in [1.807, 2.05) is 19.1 Å². The molecule has 7 heteroatoms. The Balaban J connectivity index is 1.86. The summed E-state index contributed by atoms with van der Waals surface area (Å²) in [6.07, 6.45) is 0. The SMILES string of the molecule is COc1cc(N2C(=O)COCC2=O)ccc1C(=O)Nc1ccc(C)cc1. The molecule has 0 radical (unpaired) electrons. The van der Waals surface area contributed by atoms with Crippen LogP contribution in [0.15, 0.2) is 42.5 Å². The Bertz CT molecular complexity index is 845. The maximum Gasteiger partial charge on any atom is 0.259 e. The Morgan fingerprint density at radius 3 is 2.35 bits per heavy atom. The molecule has 0 spiro atoms. The molecule has 1 aliphatic rings. The number of nitrogens with zero attached hydrogens (tertiary/aromatic N) is 1. The van der Waals surface area contributed by atoms with Crippen molar-refractivity contribution in [2.45, 2.75) is 6.92 Å². The van der Waals surface area contributed by atoms with Crippen LogP contribution in [-0.2, 0) is 14.3 Å². The van der Waals surface area contributed by atoms with E-state index in [1.165, 1.54) is 25.3 Å². The molecule has 0 aliphatic carbocycles. The van der Waals surface area contributed by atoms with Crippen molar-refractivity contribution in [1.82, 2.24) is 0 Å². The molecule has 3 amide bonds. The molecule has 2 aromatic rings. The molecule has 26 heavy (non-hydrogen) atoms. The van der Waals surface area contributed by atoms with Gasteiger partial charge in [0.1, 0.15) is 19.0 Å². The Kier molecular flexibility index (Phi) is 4.99. The number of hydrogen-bond acceptors (Lipinski definition) is 5. The number of morpholine rings is 1. The largest absolute Gasteiger partial charge is 0.496 e. The molecule has 134 valence electrons. The molecule has 1 fully saturated rings. The summed E-state index contributed by atoms with van der Waals surface area (Å²) in [5.74, 6) is -1.00. The molecule has 1 saturated heterocycles. The second-order valence-corrected chi connectivity index (χ2v) is 5.82. The molecule has 1 heterocycles. The second-order valence-electron chi connectivity index (χ2n) is 5.82. The molecule has 3 rings (SSSR count). The molecule has 0 aromatic heterocycles. The number of methoxy groups -OCH3 is 1. The van der Waals surface area contributed by atoms with E-state index in [0.29, 0.717) is 16.9 Å². The first kappa shape index (κ1) is 17.6. The highest BCUT2D eigenvalue weighted by molar-refractivity contribution is 6.17. The third-order valence-electron chi connectivity index (χ3n) is 3.95. The molecule has 0 atom stereocenters. The maximum atomic E-state index is 12.5. The number of rotatable bonds is 4. The van der Waals surface area contributed by atoms with Crippen LogP contribution in [0.4, 0.5) is 11.4 Å². The van der Waals surface area contributed by atoms with Crippen molar-refractivity contribution in [1.29, 1.82) is 0 Å². The number of carbonyl (C=O) groups is 3. The van der Waals surface area contributed by atoms with Gasteiger partial charge in [-0.05, 0) is 31.2 Å². The number of ether oxygens (including phenoxy) is 2. The van der Waals surface area contributed by atoms with E-state index in [-0.39, 0.29) is 24.9 Å². The van der Waals surface area contributed by atoms with Crippen LogP contribution >= 0.6 is 0 Å². The molecule has 1 N–H and O–H groups in total. The zero-order chi connectivity index (χ0) is 18.7. The van der Waals surface area contributed by atoms with Crippen LogP contribution in [0.5, 0.6) is 5.75 Å². The van der Waals surface area contributed by atoms with Gasteiger partial charge in [0.25, 0.3) is 17.7 Å². The number of benzene rings is 2. The van der Waals surface area contributed by atoms with E-state index in [9.17, 15) is 14.4 Å². The van der Waals surface area contributed by atoms with E-state index in [4.69, 9.17) is 9.47 Å². The summed E-state index contributed by atoms with van der Waals surface area (Å²) < 4.78 is 10.2. The normalized spacial score (nSPS) is 14.3. The van der Waals surface area contributed by atoms with Gasteiger partial charge in [-0.15, -0.1) is 0 Å². The quantitative estimate of drug-likeness (QED) is 0.851. The van der Waals surface area contributed by atoms with Crippen LogP contribution in [0, 0.1) is 6.92 Å². The number of amides is 3. The fourth-order valence-electron chi connectivity index (χ4n) is 2.62. The van der Waals surface area contributed by atoms with E-state index < -0.39 is 11.8 Å². The number of carbonyl (C=O) groups excluding carboxylic acids is 3. The summed E-state index contributed by atoms with van der Waals surface area (Å²) in [7, 11) is 1.42. The third kappa shape index (κ3) is 3.57. The maximum absolute atomic E-state index is 12.5. The summed E-state index contributed by atoms with van der Waals surface area (Å²) in [6, 6.07) is 11.9. The summed E-state index contributed by atoms with van der Waals surface area (Å²) in [4.78, 5) is 37.5. The average Bonchev–Trinajstić information content (AvgIpc) is 2.63. The predicted molar refractivity (Wildman–Crippen MR) is 95.4 cm³/mol. The van der Waals surface area contributed by atoms with Gasteiger partial charge < -0.3 is 14.8 Å². The first-order chi connectivity index (χ1) is 12.5. The first-order valence-corrected chi connectivity index (χ1v) is 7.99. The molecule has 1 aliphatic heterocycles. The van der Waals surface area contributed by atoms with Gasteiger partial charge in [0.15, 0.2) is 0 Å². The van der Waals surface area contributed by atoms with Crippen LogP contribution in [0.1, 0.15) is 15.9 Å². The van der Waals surface area contributed by atoms with Gasteiger partial charge in [0, 0.05) is 11.8 Å². The van der Waals surface area contributed by atoms with Gasteiger partial charge in [0.05, 0.1) is 18.4 Å². The highest BCUT2D eigenvalue weighted by atomic mass is 16.5. The lowest BCUT2D eigenvalue weighted by Gasteiger charge is -2.25. The van der Waals surface area contributed by atoms with Gasteiger partial charge in [-0.3, -0.25) is 14.4 Å². The van der Waals surface area contributed by atoms with E-state index in [1.54, 1.807) is 12.1 Å². The molecular weight excluding hydrogens is 336 g/mol. The minimum atomic E-state index is -0.458. The van der Waals surface area contributed by atoms with Crippen molar-refractivity contribution in [2.75, 3.05) is 30.5 Å². The Morgan fingerprint density at radius 2 is 1.73 bits per heavy atom. The van der Waals surface area contributed by atoms with E-state index >= 15 is 0 Å². The Labute approximate surface area is 150 Å². The topological polar surface area (TPSA) is 84.9 Å². The fraction of sp³-hybridized carbons (Fsp3) is 0.211. The number of anilines is 2. The lowest BCUT2D eigenvalue weighted by molar-refractivity contribution is -0.138. The van der Waals surface area contributed by atoms with Crippen LogP contribution in [-0.4, -0.2) is 38.0 Å². The predicted octanol–water partition coefficient (Wildman–Crippen LogP) is 2.15. The van der Waals surface area contributed by atoms with Gasteiger partial charge in [0.2, 0.25) is 0 Å². The van der Waals surface area contributed by atoms with Gasteiger partial charge in [-0.25, -0.2) is 4.90 Å². The van der Waals surface area contributed by atoms with Crippen molar-refractivity contribution >= 4 is 29.1 Å². The van der Waals surface area contributed by atoms with Crippen LogP contribution in [0.3, 0.4) is 0 Å². The van der Waals surface area contributed by atoms with Gasteiger partial charge in [-0.2, -0.15) is 0 Å². The molecule has 0 unspecified atom stereocenters. The van der Waals surface area contributed by atoms with Crippen LogP contribution < -0.4 is 15.0 Å². The second kappa shape index (κ2) is 7.37. The summed E-state index contributed by atoms with van der Waals surface area (Å²) in [5, 5.41) is 2.79. The van der Waals surface area contributed by atoms with E-state index in [2.05, 4.69) is 5.32 Å². The van der Waals surface area contributed by atoms with Crippen LogP contribution in [0.25, 0.3) is 0 Å². The summed E-state index contributed by atoms with van der Waals surface area (Å²) in [5.41, 5.74) is 2.38. The number of hydrogen-bond donors (Lipinski definition) is 1. The van der Waals surface area contributed by atoms with Crippen LogP contribution in [0.2, 0.25) is 0 Å². The minimum absolute atomic E-state index is 0.163. The highest BCUT2D eigenvalue weighted by Crippen LogP contribution is 2.27. The lowest BCUT2D eigenvalue weighted by atomic mass is 10.1. The zero-order valence-corrected chi connectivity index (χ0v) is 14.4. The summed E-state index contributed by atoms with van der Waals surface area (Å²) in [6.45, 7) is 1.63.